The minimum atomic E-state index is -0.379. The van der Waals surface area contributed by atoms with Crippen molar-refractivity contribution >= 4 is 23.2 Å². The van der Waals surface area contributed by atoms with Crippen LogP contribution in [0.1, 0.15) is 10.4 Å². The van der Waals surface area contributed by atoms with Crippen LogP contribution in [0.25, 0.3) is 11.5 Å². The SMILES string of the molecule is Nc1ccccc1-c1nnc(SCC(=O)c2ccc(F)cc2)o1. The molecule has 0 spiro atoms. The molecule has 0 unspecified atom stereocenters. The number of benzene rings is 2. The Kier molecular flexibility index (Phi) is 4.38. The molecule has 2 aromatic carbocycles. The molecule has 0 aliphatic heterocycles. The summed E-state index contributed by atoms with van der Waals surface area (Å²) in [6, 6.07) is 12.5. The number of ketones is 1. The number of thioether (sulfide) groups is 1. The van der Waals surface area contributed by atoms with Gasteiger partial charge < -0.3 is 10.2 Å². The Labute approximate surface area is 135 Å². The molecule has 0 bridgehead atoms. The van der Waals surface area contributed by atoms with Crippen LogP contribution in [0.2, 0.25) is 0 Å². The van der Waals surface area contributed by atoms with E-state index < -0.39 is 0 Å². The minimum Gasteiger partial charge on any atom is -0.411 e. The second-order valence-electron chi connectivity index (χ2n) is 4.68. The van der Waals surface area contributed by atoms with Gasteiger partial charge in [-0.3, -0.25) is 4.79 Å². The highest BCUT2D eigenvalue weighted by atomic mass is 32.2. The van der Waals surface area contributed by atoms with E-state index in [1.807, 2.05) is 12.1 Å². The van der Waals surface area contributed by atoms with Crippen LogP contribution in [-0.2, 0) is 0 Å². The van der Waals surface area contributed by atoms with Crippen molar-refractivity contribution in [3.63, 3.8) is 0 Å². The van der Waals surface area contributed by atoms with E-state index in [2.05, 4.69) is 10.2 Å². The summed E-state index contributed by atoms with van der Waals surface area (Å²) in [4.78, 5) is 12.0. The predicted molar refractivity (Wildman–Crippen MR) is 85.6 cm³/mol. The molecule has 0 atom stereocenters. The Balaban J connectivity index is 1.67. The van der Waals surface area contributed by atoms with E-state index in [-0.39, 0.29) is 22.6 Å². The van der Waals surface area contributed by atoms with Crippen molar-refractivity contribution in [1.82, 2.24) is 10.2 Å². The topological polar surface area (TPSA) is 82.0 Å². The highest BCUT2D eigenvalue weighted by molar-refractivity contribution is 7.99. The molecular weight excluding hydrogens is 317 g/mol. The molecule has 0 aliphatic rings. The second kappa shape index (κ2) is 6.62. The van der Waals surface area contributed by atoms with Gasteiger partial charge in [-0.15, -0.1) is 10.2 Å². The third kappa shape index (κ3) is 3.57. The quantitative estimate of drug-likeness (QED) is 0.439. The maximum Gasteiger partial charge on any atom is 0.277 e. The third-order valence-corrected chi connectivity index (χ3v) is 3.91. The molecule has 0 radical (unpaired) electrons. The van der Waals surface area contributed by atoms with Gasteiger partial charge in [0.2, 0.25) is 0 Å². The lowest BCUT2D eigenvalue weighted by Crippen LogP contribution is -2.02. The molecule has 0 aliphatic carbocycles. The molecule has 0 saturated heterocycles. The molecule has 0 amide bonds. The number of nitrogen functional groups attached to an aromatic ring is 1. The largest absolute Gasteiger partial charge is 0.411 e. The summed E-state index contributed by atoms with van der Waals surface area (Å²) in [6.45, 7) is 0. The molecular formula is C16H12FN3O2S. The molecule has 3 rings (SSSR count). The van der Waals surface area contributed by atoms with Crippen molar-refractivity contribution in [1.29, 1.82) is 0 Å². The zero-order valence-electron chi connectivity index (χ0n) is 11.9. The zero-order chi connectivity index (χ0) is 16.2. The van der Waals surface area contributed by atoms with Crippen LogP contribution in [0.3, 0.4) is 0 Å². The smallest absolute Gasteiger partial charge is 0.277 e. The van der Waals surface area contributed by atoms with Gasteiger partial charge in [0.15, 0.2) is 5.78 Å². The maximum atomic E-state index is 12.8. The van der Waals surface area contributed by atoms with Gasteiger partial charge in [-0.2, -0.15) is 0 Å². The van der Waals surface area contributed by atoms with Gasteiger partial charge in [0.1, 0.15) is 5.82 Å². The van der Waals surface area contributed by atoms with Gasteiger partial charge in [0.05, 0.1) is 11.3 Å². The summed E-state index contributed by atoms with van der Waals surface area (Å²) < 4.78 is 18.3. The fraction of sp³-hybridized carbons (Fsp3) is 0.0625. The van der Waals surface area contributed by atoms with Gasteiger partial charge in [0.25, 0.3) is 11.1 Å². The van der Waals surface area contributed by atoms with E-state index in [0.29, 0.717) is 22.7 Å². The zero-order valence-corrected chi connectivity index (χ0v) is 12.7. The number of halogens is 1. The number of hydrogen-bond acceptors (Lipinski definition) is 6. The maximum absolute atomic E-state index is 12.8. The fourth-order valence-corrected chi connectivity index (χ4v) is 2.57. The van der Waals surface area contributed by atoms with Gasteiger partial charge >= 0.3 is 0 Å². The predicted octanol–water partition coefficient (Wildman–Crippen LogP) is 3.43. The number of hydrogen-bond donors (Lipinski definition) is 1. The first-order chi connectivity index (χ1) is 11.1. The minimum absolute atomic E-state index is 0.123. The fourth-order valence-electron chi connectivity index (χ4n) is 1.92. The summed E-state index contributed by atoms with van der Waals surface area (Å²) in [5.74, 6) is -0.0950. The molecule has 0 fully saturated rings. The number of carbonyl (C=O) groups is 1. The molecule has 5 nitrogen and oxygen atoms in total. The first kappa shape index (κ1) is 15.2. The van der Waals surface area contributed by atoms with E-state index in [1.165, 1.54) is 24.3 Å². The number of para-hydroxylation sites is 1. The normalized spacial score (nSPS) is 10.7. The summed E-state index contributed by atoms with van der Waals surface area (Å²) in [5.41, 5.74) is 7.48. The molecule has 1 heterocycles. The van der Waals surface area contributed by atoms with Crippen molar-refractivity contribution in [2.45, 2.75) is 5.22 Å². The molecule has 116 valence electrons. The van der Waals surface area contributed by atoms with Gasteiger partial charge in [-0.05, 0) is 36.4 Å². The summed E-state index contributed by atoms with van der Waals surface area (Å²) in [6.07, 6.45) is 0. The van der Waals surface area contributed by atoms with Gasteiger partial charge in [-0.1, -0.05) is 23.9 Å². The van der Waals surface area contributed by atoms with E-state index in [9.17, 15) is 9.18 Å². The Morgan fingerprint density at radius 2 is 1.87 bits per heavy atom. The molecule has 2 N–H and O–H groups in total. The van der Waals surface area contributed by atoms with E-state index in [1.54, 1.807) is 12.1 Å². The standard InChI is InChI=1S/C16H12FN3O2S/c17-11-7-5-10(6-8-11)14(21)9-23-16-20-19-15(22-16)12-3-1-2-4-13(12)18/h1-8H,9,18H2. The number of Topliss-reactive ketones (excluding diaryl/α,β-unsaturated/α-hetero) is 1. The first-order valence-corrected chi connectivity index (χ1v) is 7.72. The third-order valence-electron chi connectivity index (χ3n) is 3.09. The Morgan fingerprint density at radius 3 is 2.61 bits per heavy atom. The number of nitrogens with zero attached hydrogens (tertiary/aromatic N) is 2. The number of nitrogens with two attached hydrogens (primary N) is 1. The number of carbonyl (C=O) groups excluding carboxylic acids is 1. The van der Waals surface area contributed by atoms with Crippen LogP contribution in [-0.4, -0.2) is 21.7 Å². The van der Waals surface area contributed by atoms with E-state index in [4.69, 9.17) is 10.2 Å². The van der Waals surface area contributed by atoms with Crippen LogP contribution in [0.5, 0.6) is 0 Å². The van der Waals surface area contributed by atoms with Crippen molar-refractivity contribution in [3.05, 3.63) is 59.9 Å². The highest BCUT2D eigenvalue weighted by Gasteiger charge is 2.13. The molecule has 1 aromatic heterocycles. The average Bonchev–Trinajstić information content (AvgIpc) is 3.02. The van der Waals surface area contributed by atoms with Crippen LogP contribution in [0.4, 0.5) is 10.1 Å². The van der Waals surface area contributed by atoms with Gasteiger partial charge in [-0.25, -0.2) is 4.39 Å². The molecule has 23 heavy (non-hydrogen) atoms. The van der Waals surface area contributed by atoms with Crippen LogP contribution in [0, 0.1) is 5.82 Å². The van der Waals surface area contributed by atoms with Crippen molar-refractivity contribution < 1.29 is 13.6 Å². The molecule has 7 heteroatoms. The first-order valence-electron chi connectivity index (χ1n) is 6.73. The van der Waals surface area contributed by atoms with Crippen molar-refractivity contribution in [2.24, 2.45) is 0 Å². The van der Waals surface area contributed by atoms with Crippen molar-refractivity contribution in [3.8, 4) is 11.5 Å². The molecule has 3 aromatic rings. The van der Waals surface area contributed by atoms with Crippen LogP contribution in [0.15, 0.2) is 58.2 Å². The monoisotopic (exact) mass is 329 g/mol. The lowest BCUT2D eigenvalue weighted by atomic mass is 10.1. The Hall–Kier alpha value is -2.67. The summed E-state index contributed by atoms with van der Waals surface area (Å²) in [7, 11) is 0. The number of anilines is 1. The van der Waals surface area contributed by atoms with Crippen LogP contribution >= 0.6 is 11.8 Å². The van der Waals surface area contributed by atoms with E-state index >= 15 is 0 Å². The average molecular weight is 329 g/mol. The van der Waals surface area contributed by atoms with Crippen LogP contribution < -0.4 is 5.73 Å². The summed E-state index contributed by atoms with van der Waals surface area (Å²) in [5, 5.41) is 8.10. The Bertz CT molecular complexity index is 833. The highest BCUT2D eigenvalue weighted by Crippen LogP contribution is 2.27. The number of rotatable bonds is 5. The second-order valence-corrected chi connectivity index (χ2v) is 5.61. The van der Waals surface area contributed by atoms with Crippen molar-refractivity contribution in [2.75, 3.05) is 11.5 Å². The Morgan fingerprint density at radius 1 is 1.13 bits per heavy atom. The molecule has 0 saturated carbocycles. The lowest BCUT2D eigenvalue weighted by Gasteiger charge is -1.99. The number of aromatic nitrogens is 2. The summed E-state index contributed by atoms with van der Waals surface area (Å²) >= 11 is 1.12. The lowest BCUT2D eigenvalue weighted by molar-refractivity contribution is 0.102. The van der Waals surface area contributed by atoms with Gasteiger partial charge in [0, 0.05) is 11.3 Å². The van der Waals surface area contributed by atoms with E-state index in [0.717, 1.165) is 11.8 Å².